The molecule has 1 saturated heterocycles. The van der Waals surface area contributed by atoms with E-state index in [-0.39, 0.29) is 17.6 Å². The third-order valence-corrected chi connectivity index (χ3v) is 6.64. The van der Waals surface area contributed by atoms with Crippen molar-refractivity contribution in [2.45, 2.75) is 33.6 Å². The van der Waals surface area contributed by atoms with Gasteiger partial charge in [-0.05, 0) is 63.4 Å². The predicted octanol–water partition coefficient (Wildman–Crippen LogP) is 5.30. The molecule has 0 saturated carbocycles. The number of hydrogen-bond acceptors (Lipinski definition) is 3. The first-order chi connectivity index (χ1) is 14.8. The summed E-state index contributed by atoms with van der Waals surface area (Å²) in [6.07, 6.45) is 3.03. The van der Waals surface area contributed by atoms with Crippen LogP contribution in [0.25, 0.3) is 5.69 Å². The topological polar surface area (TPSA) is 55.2 Å². The fourth-order valence-corrected chi connectivity index (χ4v) is 4.55. The number of piperidine rings is 1. The quantitative estimate of drug-likeness (QED) is 0.477. The molecule has 6 heteroatoms. The first kappa shape index (κ1) is 21.5. The lowest BCUT2D eigenvalue weighted by atomic mass is 9.87. The molecule has 1 amide bonds. The number of nitrogens with zero attached hydrogens (tertiary/aromatic N) is 3. The molecule has 0 spiro atoms. The minimum Gasteiger partial charge on any atom is -0.338 e. The van der Waals surface area contributed by atoms with Crippen molar-refractivity contribution in [2.24, 2.45) is 5.92 Å². The van der Waals surface area contributed by atoms with Crippen molar-refractivity contribution in [2.75, 3.05) is 13.1 Å². The van der Waals surface area contributed by atoms with E-state index in [1.54, 1.807) is 10.9 Å². The lowest BCUT2D eigenvalue weighted by Gasteiger charge is -2.31. The second-order valence-electron chi connectivity index (χ2n) is 8.28. The van der Waals surface area contributed by atoms with Gasteiger partial charge in [0.1, 0.15) is 0 Å². The summed E-state index contributed by atoms with van der Waals surface area (Å²) >= 11 is 3.44. The Hall–Kier alpha value is -2.73. The molecule has 4 rings (SSSR count). The van der Waals surface area contributed by atoms with Gasteiger partial charge in [0.05, 0.1) is 23.1 Å². The molecule has 0 atom stereocenters. The van der Waals surface area contributed by atoms with Crippen LogP contribution >= 0.6 is 15.9 Å². The third kappa shape index (κ3) is 4.35. The van der Waals surface area contributed by atoms with Crippen LogP contribution in [-0.4, -0.2) is 39.5 Å². The van der Waals surface area contributed by atoms with E-state index in [1.807, 2.05) is 62.1 Å². The number of rotatable bonds is 4. The largest absolute Gasteiger partial charge is 0.338 e. The van der Waals surface area contributed by atoms with Crippen molar-refractivity contribution >= 4 is 27.6 Å². The molecule has 1 aliphatic rings. The second-order valence-corrected chi connectivity index (χ2v) is 9.20. The molecule has 0 bridgehead atoms. The number of likely N-dealkylation sites (tertiary alicyclic amines) is 1. The zero-order valence-electron chi connectivity index (χ0n) is 18.1. The molecule has 1 aromatic heterocycles. The Balaban J connectivity index is 1.44. The maximum atomic E-state index is 13.1. The summed E-state index contributed by atoms with van der Waals surface area (Å²) in [6, 6.07) is 13.8. The van der Waals surface area contributed by atoms with E-state index in [0.29, 0.717) is 31.5 Å². The van der Waals surface area contributed by atoms with Gasteiger partial charge in [-0.1, -0.05) is 39.7 Å². The Labute approximate surface area is 191 Å². The van der Waals surface area contributed by atoms with Crippen molar-refractivity contribution in [3.63, 3.8) is 0 Å². The Kier molecular flexibility index (Phi) is 6.10. The summed E-state index contributed by atoms with van der Waals surface area (Å²) in [4.78, 5) is 28.0. The molecule has 2 heterocycles. The highest BCUT2D eigenvalue weighted by Crippen LogP contribution is 2.26. The highest BCUT2D eigenvalue weighted by Gasteiger charge is 2.30. The van der Waals surface area contributed by atoms with Crippen LogP contribution in [0.15, 0.2) is 53.1 Å². The van der Waals surface area contributed by atoms with Crippen LogP contribution in [0.4, 0.5) is 0 Å². The molecule has 0 radical (unpaired) electrons. The highest BCUT2D eigenvalue weighted by molar-refractivity contribution is 9.10. The lowest BCUT2D eigenvalue weighted by Crippen LogP contribution is -2.40. The zero-order valence-corrected chi connectivity index (χ0v) is 19.6. The van der Waals surface area contributed by atoms with Crippen molar-refractivity contribution in [1.82, 2.24) is 14.7 Å². The predicted molar refractivity (Wildman–Crippen MR) is 125 cm³/mol. The molecule has 0 N–H and O–H groups in total. The minimum absolute atomic E-state index is 0.0155. The standard InChI is InChI=1S/C25H26BrN3O2/c1-16-4-9-22(17(2)14-16)24(30)19-10-12-28(13-11-19)25(31)23-15-27-29(18(23)3)21-7-5-20(26)6-8-21/h4-9,14-15,19H,10-13H2,1-3H3. The lowest BCUT2D eigenvalue weighted by molar-refractivity contribution is 0.0649. The van der Waals surface area contributed by atoms with E-state index in [2.05, 4.69) is 27.1 Å². The molecule has 31 heavy (non-hydrogen) atoms. The van der Waals surface area contributed by atoms with Crippen LogP contribution in [0.1, 0.15) is 50.4 Å². The minimum atomic E-state index is -0.0305. The van der Waals surface area contributed by atoms with Gasteiger partial charge >= 0.3 is 0 Å². The van der Waals surface area contributed by atoms with Crippen molar-refractivity contribution in [1.29, 1.82) is 0 Å². The summed E-state index contributed by atoms with van der Waals surface area (Å²) in [5, 5.41) is 4.43. The van der Waals surface area contributed by atoms with Gasteiger partial charge in [-0.15, -0.1) is 0 Å². The van der Waals surface area contributed by atoms with Gasteiger partial charge in [-0.3, -0.25) is 9.59 Å². The maximum Gasteiger partial charge on any atom is 0.257 e. The monoisotopic (exact) mass is 479 g/mol. The maximum absolute atomic E-state index is 13.1. The van der Waals surface area contributed by atoms with Gasteiger partial charge in [0.15, 0.2) is 5.78 Å². The Morgan fingerprint density at radius 2 is 1.65 bits per heavy atom. The highest BCUT2D eigenvalue weighted by atomic mass is 79.9. The number of aromatic nitrogens is 2. The number of amides is 1. The van der Waals surface area contributed by atoms with E-state index in [1.165, 1.54) is 0 Å². The summed E-state index contributed by atoms with van der Waals surface area (Å²) in [6.45, 7) is 7.11. The van der Waals surface area contributed by atoms with E-state index >= 15 is 0 Å². The molecule has 3 aromatic rings. The van der Waals surface area contributed by atoms with Gasteiger partial charge in [0.25, 0.3) is 5.91 Å². The average molecular weight is 480 g/mol. The zero-order chi connectivity index (χ0) is 22.1. The second kappa shape index (κ2) is 8.79. The molecule has 2 aromatic carbocycles. The average Bonchev–Trinajstić information content (AvgIpc) is 3.15. The van der Waals surface area contributed by atoms with E-state index in [0.717, 1.165) is 32.5 Å². The number of halogens is 1. The molecule has 0 aliphatic carbocycles. The summed E-state index contributed by atoms with van der Waals surface area (Å²) < 4.78 is 2.78. The molecule has 0 unspecified atom stereocenters. The number of ketones is 1. The number of carbonyl (C=O) groups is 2. The summed E-state index contributed by atoms with van der Waals surface area (Å²) in [5.74, 6) is 0.152. The Bertz CT molecular complexity index is 1130. The normalized spacial score (nSPS) is 14.6. The molecular formula is C25H26BrN3O2. The Morgan fingerprint density at radius 1 is 0.968 bits per heavy atom. The van der Waals surface area contributed by atoms with Crippen molar-refractivity contribution in [3.05, 3.63) is 81.1 Å². The van der Waals surface area contributed by atoms with Gasteiger partial charge in [0, 0.05) is 29.0 Å². The number of benzene rings is 2. The van der Waals surface area contributed by atoms with Gasteiger partial charge < -0.3 is 4.90 Å². The fourth-order valence-electron chi connectivity index (χ4n) is 4.29. The van der Waals surface area contributed by atoms with E-state index in [9.17, 15) is 9.59 Å². The van der Waals surface area contributed by atoms with Crippen LogP contribution in [0, 0.1) is 26.7 Å². The molecular weight excluding hydrogens is 454 g/mol. The number of Topliss-reactive ketones (excluding diaryl/α,β-unsaturated/α-hetero) is 1. The fraction of sp³-hybridized carbons (Fsp3) is 0.320. The van der Waals surface area contributed by atoms with Crippen molar-refractivity contribution < 1.29 is 9.59 Å². The molecule has 1 aliphatic heterocycles. The molecule has 1 fully saturated rings. The molecule has 5 nitrogen and oxygen atoms in total. The number of hydrogen-bond donors (Lipinski definition) is 0. The van der Waals surface area contributed by atoms with Crippen LogP contribution in [0.5, 0.6) is 0 Å². The number of carbonyl (C=O) groups excluding carboxylic acids is 2. The first-order valence-electron chi connectivity index (χ1n) is 10.6. The van der Waals surface area contributed by atoms with E-state index < -0.39 is 0 Å². The third-order valence-electron chi connectivity index (χ3n) is 6.11. The van der Waals surface area contributed by atoms with Gasteiger partial charge in [-0.25, -0.2) is 4.68 Å². The SMILES string of the molecule is Cc1ccc(C(=O)C2CCN(C(=O)c3cnn(-c4ccc(Br)cc4)c3C)CC2)c(C)c1. The van der Waals surface area contributed by atoms with Crippen LogP contribution in [0.3, 0.4) is 0 Å². The van der Waals surface area contributed by atoms with Crippen LogP contribution in [0.2, 0.25) is 0 Å². The molecule has 160 valence electrons. The van der Waals surface area contributed by atoms with Gasteiger partial charge in [0.2, 0.25) is 0 Å². The van der Waals surface area contributed by atoms with Crippen LogP contribution in [-0.2, 0) is 0 Å². The van der Waals surface area contributed by atoms with Crippen molar-refractivity contribution in [3.8, 4) is 5.69 Å². The van der Waals surface area contributed by atoms with Gasteiger partial charge in [-0.2, -0.15) is 5.10 Å². The summed E-state index contributed by atoms with van der Waals surface area (Å²) in [5.41, 5.74) is 5.34. The Morgan fingerprint density at radius 3 is 2.29 bits per heavy atom. The van der Waals surface area contributed by atoms with Crippen LogP contribution < -0.4 is 0 Å². The van der Waals surface area contributed by atoms with E-state index in [4.69, 9.17) is 0 Å². The smallest absolute Gasteiger partial charge is 0.257 e. The number of aryl methyl sites for hydroxylation is 2. The first-order valence-corrected chi connectivity index (χ1v) is 11.4. The summed E-state index contributed by atoms with van der Waals surface area (Å²) in [7, 11) is 0.